The lowest BCUT2D eigenvalue weighted by Crippen LogP contribution is -2.40. The summed E-state index contributed by atoms with van der Waals surface area (Å²) in [5.74, 6) is -0.310. The number of aliphatic hydroxyl groups excluding tert-OH is 2. The van der Waals surface area contributed by atoms with E-state index in [-0.39, 0.29) is 23.9 Å². The van der Waals surface area contributed by atoms with E-state index in [2.05, 4.69) is 15.6 Å². The molecule has 1 amide bonds. The van der Waals surface area contributed by atoms with E-state index < -0.39 is 11.9 Å². The maximum Gasteiger partial charge on any atom is 0.265 e. The number of rotatable bonds is 6. The molecule has 17 heavy (non-hydrogen) atoms. The molecule has 0 aromatic carbocycles. The van der Waals surface area contributed by atoms with Gasteiger partial charge in [0.05, 0.1) is 19.3 Å². The van der Waals surface area contributed by atoms with Crippen LogP contribution in [0.2, 0.25) is 0 Å². The van der Waals surface area contributed by atoms with E-state index in [0.717, 1.165) is 11.3 Å². The zero-order valence-corrected chi connectivity index (χ0v) is 10.3. The van der Waals surface area contributed by atoms with Gasteiger partial charge in [-0.25, -0.2) is 4.98 Å². The summed E-state index contributed by atoms with van der Waals surface area (Å²) in [5.41, 5.74) is 5.60. The first-order valence-electron chi connectivity index (χ1n) is 5.15. The van der Waals surface area contributed by atoms with Gasteiger partial charge in [-0.15, -0.1) is 0 Å². The summed E-state index contributed by atoms with van der Waals surface area (Å²) < 4.78 is 0. The Morgan fingerprint density at radius 3 is 2.71 bits per heavy atom. The molecule has 0 fully saturated rings. The molecule has 1 heterocycles. The lowest BCUT2D eigenvalue weighted by molar-refractivity contribution is 0.0884. The van der Waals surface area contributed by atoms with Crippen LogP contribution in [-0.4, -0.2) is 46.9 Å². The molecule has 0 radical (unpaired) electrons. The van der Waals surface area contributed by atoms with Crippen LogP contribution in [0.25, 0.3) is 0 Å². The Hall–Kier alpha value is -1.38. The fraction of sp³-hybridized carbons (Fsp3) is 0.556. The Labute approximate surface area is 103 Å². The molecule has 0 bridgehead atoms. The van der Waals surface area contributed by atoms with E-state index in [0.29, 0.717) is 11.7 Å². The number of nitrogen functional groups attached to an aromatic ring is 1. The van der Waals surface area contributed by atoms with E-state index >= 15 is 0 Å². The molecule has 1 rings (SSSR count). The van der Waals surface area contributed by atoms with Gasteiger partial charge in [0.1, 0.15) is 10.7 Å². The van der Waals surface area contributed by atoms with Gasteiger partial charge in [-0.05, 0) is 6.92 Å². The molecule has 0 saturated heterocycles. The molecule has 0 aliphatic rings. The predicted molar refractivity (Wildman–Crippen MR) is 66.1 cm³/mol. The smallest absolute Gasteiger partial charge is 0.265 e. The predicted octanol–water partition coefficient (Wildman–Crippen LogP) is -0.760. The van der Waals surface area contributed by atoms with Crippen molar-refractivity contribution in [2.45, 2.75) is 13.0 Å². The minimum atomic E-state index is -0.688. The standard InChI is InChI=1S/C9H16N4O3S/c1-2-11-9-13-7(10)6(17-9)8(16)12-5(3-14)4-15/h5,14-15H,2-4,10H2,1H3,(H,11,13)(H,12,16). The third-order valence-corrected chi connectivity index (χ3v) is 2.99. The van der Waals surface area contributed by atoms with Gasteiger partial charge in [0.25, 0.3) is 5.91 Å². The first-order valence-corrected chi connectivity index (χ1v) is 5.96. The topological polar surface area (TPSA) is 120 Å². The van der Waals surface area contributed by atoms with Gasteiger partial charge < -0.3 is 26.6 Å². The molecule has 1 aromatic heterocycles. The van der Waals surface area contributed by atoms with Crippen LogP contribution < -0.4 is 16.4 Å². The Morgan fingerprint density at radius 1 is 1.53 bits per heavy atom. The van der Waals surface area contributed by atoms with E-state index in [1.165, 1.54) is 0 Å². The molecular weight excluding hydrogens is 244 g/mol. The van der Waals surface area contributed by atoms with Crippen molar-refractivity contribution < 1.29 is 15.0 Å². The number of nitrogens with zero attached hydrogens (tertiary/aromatic N) is 1. The van der Waals surface area contributed by atoms with Crippen LogP contribution in [0.4, 0.5) is 10.9 Å². The maximum atomic E-state index is 11.7. The number of amides is 1. The fourth-order valence-electron chi connectivity index (χ4n) is 1.12. The molecule has 96 valence electrons. The number of thiazole rings is 1. The molecule has 8 heteroatoms. The second-order valence-electron chi connectivity index (χ2n) is 3.30. The number of aliphatic hydroxyl groups is 2. The zero-order valence-electron chi connectivity index (χ0n) is 9.43. The van der Waals surface area contributed by atoms with E-state index in [9.17, 15) is 4.79 Å². The highest BCUT2D eigenvalue weighted by atomic mass is 32.1. The largest absolute Gasteiger partial charge is 0.394 e. The Kier molecular flexibility index (Phi) is 5.13. The third-order valence-electron chi connectivity index (χ3n) is 1.96. The molecule has 0 saturated carbocycles. The molecule has 1 aromatic rings. The van der Waals surface area contributed by atoms with Gasteiger partial charge in [-0.3, -0.25) is 4.79 Å². The molecule has 0 aliphatic heterocycles. The summed E-state index contributed by atoms with van der Waals surface area (Å²) >= 11 is 1.13. The third kappa shape index (κ3) is 3.55. The van der Waals surface area contributed by atoms with Crippen LogP contribution in [0.5, 0.6) is 0 Å². The van der Waals surface area contributed by atoms with Crippen molar-refractivity contribution in [1.82, 2.24) is 10.3 Å². The summed E-state index contributed by atoms with van der Waals surface area (Å²) in [6, 6.07) is -0.688. The number of aromatic nitrogens is 1. The average Bonchev–Trinajstić information content (AvgIpc) is 2.67. The lowest BCUT2D eigenvalue weighted by Gasteiger charge is -2.12. The maximum absolute atomic E-state index is 11.7. The van der Waals surface area contributed by atoms with Gasteiger partial charge in [0.2, 0.25) is 0 Å². The quantitative estimate of drug-likeness (QED) is 0.458. The van der Waals surface area contributed by atoms with Gasteiger partial charge in [0.15, 0.2) is 5.13 Å². The van der Waals surface area contributed by atoms with Gasteiger partial charge in [-0.2, -0.15) is 0 Å². The zero-order chi connectivity index (χ0) is 12.8. The number of nitrogens with one attached hydrogen (secondary N) is 2. The molecular formula is C9H16N4O3S. The minimum absolute atomic E-state index is 0.137. The molecule has 0 unspecified atom stereocenters. The molecule has 7 nitrogen and oxygen atoms in total. The van der Waals surface area contributed by atoms with Crippen LogP contribution in [0.1, 0.15) is 16.6 Å². The number of anilines is 2. The van der Waals surface area contributed by atoms with Crippen molar-refractivity contribution in [2.75, 3.05) is 30.8 Å². The number of hydrogen-bond acceptors (Lipinski definition) is 7. The van der Waals surface area contributed by atoms with Gasteiger partial charge >= 0.3 is 0 Å². The first-order chi connectivity index (χ1) is 8.12. The highest BCUT2D eigenvalue weighted by Crippen LogP contribution is 2.24. The van der Waals surface area contributed by atoms with Crippen LogP contribution in [0.15, 0.2) is 0 Å². The second-order valence-corrected chi connectivity index (χ2v) is 4.30. The van der Waals surface area contributed by atoms with Crippen LogP contribution in [-0.2, 0) is 0 Å². The fourth-order valence-corrected chi connectivity index (χ4v) is 1.98. The van der Waals surface area contributed by atoms with Crippen molar-refractivity contribution in [2.24, 2.45) is 0 Å². The Bertz CT molecular complexity index is 378. The van der Waals surface area contributed by atoms with Gasteiger partial charge in [-0.1, -0.05) is 11.3 Å². The van der Waals surface area contributed by atoms with Crippen LogP contribution in [0, 0.1) is 0 Å². The summed E-state index contributed by atoms with van der Waals surface area (Å²) in [5, 5.41) is 23.7. The van der Waals surface area contributed by atoms with E-state index in [1.807, 2.05) is 6.92 Å². The first kappa shape index (κ1) is 13.7. The minimum Gasteiger partial charge on any atom is -0.394 e. The molecule has 0 atom stereocenters. The average molecular weight is 260 g/mol. The van der Waals surface area contributed by atoms with Crippen molar-refractivity contribution in [3.8, 4) is 0 Å². The number of carbonyl (C=O) groups is 1. The Morgan fingerprint density at radius 2 is 2.18 bits per heavy atom. The number of nitrogens with two attached hydrogens (primary N) is 1. The van der Waals surface area contributed by atoms with E-state index in [1.54, 1.807) is 0 Å². The van der Waals surface area contributed by atoms with Crippen molar-refractivity contribution in [3.05, 3.63) is 4.88 Å². The summed E-state index contributed by atoms with van der Waals surface area (Å²) in [6.07, 6.45) is 0. The molecule has 0 aliphatic carbocycles. The monoisotopic (exact) mass is 260 g/mol. The van der Waals surface area contributed by atoms with E-state index in [4.69, 9.17) is 15.9 Å². The van der Waals surface area contributed by atoms with Crippen molar-refractivity contribution in [1.29, 1.82) is 0 Å². The highest BCUT2D eigenvalue weighted by molar-refractivity contribution is 7.18. The Balaban J connectivity index is 2.74. The number of hydrogen-bond donors (Lipinski definition) is 5. The molecule has 0 spiro atoms. The summed E-state index contributed by atoms with van der Waals surface area (Å²) in [6.45, 7) is 1.93. The van der Waals surface area contributed by atoms with Crippen molar-refractivity contribution in [3.63, 3.8) is 0 Å². The summed E-state index contributed by atoms with van der Waals surface area (Å²) in [4.78, 5) is 16.0. The van der Waals surface area contributed by atoms with Crippen molar-refractivity contribution >= 4 is 28.2 Å². The van der Waals surface area contributed by atoms with Crippen LogP contribution >= 0.6 is 11.3 Å². The number of carbonyl (C=O) groups excluding carboxylic acids is 1. The van der Waals surface area contributed by atoms with Gasteiger partial charge in [0, 0.05) is 6.54 Å². The second kappa shape index (κ2) is 6.38. The van der Waals surface area contributed by atoms with Crippen LogP contribution in [0.3, 0.4) is 0 Å². The molecule has 6 N–H and O–H groups in total. The highest BCUT2D eigenvalue weighted by Gasteiger charge is 2.18. The summed E-state index contributed by atoms with van der Waals surface area (Å²) in [7, 11) is 0. The SMILES string of the molecule is CCNc1nc(N)c(C(=O)NC(CO)CO)s1. The normalized spacial score (nSPS) is 10.6. The lowest BCUT2D eigenvalue weighted by atomic mass is 10.3.